The van der Waals surface area contributed by atoms with Crippen molar-refractivity contribution in [3.8, 4) is 0 Å². The molecule has 1 saturated heterocycles. The molecule has 2 atom stereocenters. The first kappa shape index (κ1) is 21.4. The Labute approximate surface area is 184 Å². The van der Waals surface area contributed by atoms with Gasteiger partial charge in [-0.2, -0.15) is 0 Å². The Bertz CT molecular complexity index is 996. The van der Waals surface area contributed by atoms with E-state index >= 15 is 0 Å². The average molecular weight is 442 g/mol. The van der Waals surface area contributed by atoms with Crippen LogP contribution in [0.2, 0.25) is 0 Å². The largest absolute Gasteiger partial charge is 0.350 e. The highest BCUT2D eigenvalue weighted by Crippen LogP contribution is 2.30. The zero-order valence-corrected chi connectivity index (χ0v) is 17.7. The van der Waals surface area contributed by atoms with Gasteiger partial charge in [0.25, 0.3) is 0 Å². The van der Waals surface area contributed by atoms with E-state index in [0.29, 0.717) is 23.5 Å². The molecule has 0 aromatic heterocycles. The van der Waals surface area contributed by atoms with Crippen molar-refractivity contribution in [1.29, 1.82) is 0 Å². The first-order valence-corrected chi connectivity index (χ1v) is 11.4. The molecule has 2 aliphatic rings. The molecule has 1 aliphatic carbocycles. The summed E-state index contributed by atoms with van der Waals surface area (Å²) in [6, 6.07) is 13.1. The van der Waals surface area contributed by atoms with Gasteiger partial charge in [0, 0.05) is 23.9 Å². The number of carbonyl (C=O) groups is 3. The normalized spacial score (nSPS) is 20.6. The third kappa shape index (κ3) is 5.64. The molecule has 1 saturated carbocycles. The third-order valence-electron chi connectivity index (χ3n) is 5.36. The van der Waals surface area contributed by atoms with Crippen molar-refractivity contribution in [1.82, 2.24) is 10.6 Å². The molecule has 3 amide bonds. The lowest BCUT2D eigenvalue weighted by molar-refractivity contribution is -0.128. The molecule has 2 fully saturated rings. The summed E-state index contributed by atoms with van der Waals surface area (Å²) in [5, 5.41) is 8.05. The van der Waals surface area contributed by atoms with Crippen molar-refractivity contribution < 1.29 is 18.8 Å². The summed E-state index contributed by atoms with van der Waals surface area (Å²) >= 11 is 1.36. The Kier molecular flexibility index (Phi) is 6.56. The fourth-order valence-corrected chi connectivity index (χ4v) is 4.59. The maximum Gasteiger partial charge on any atom is 0.243 e. The molecule has 1 heterocycles. The number of hydrogen-bond acceptors (Lipinski definition) is 4. The molecule has 31 heavy (non-hydrogen) atoms. The Morgan fingerprint density at radius 2 is 1.90 bits per heavy atom. The van der Waals surface area contributed by atoms with Gasteiger partial charge in [0.05, 0.1) is 5.25 Å². The van der Waals surface area contributed by atoms with Crippen LogP contribution in [-0.2, 0) is 27.3 Å². The number of hydrogen-bond donors (Lipinski definition) is 3. The lowest BCUT2D eigenvalue weighted by Gasteiger charge is -2.28. The number of halogens is 1. The quantitative estimate of drug-likeness (QED) is 0.617. The van der Waals surface area contributed by atoms with Gasteiger partial charge in [-0.1, -0.05) is 30.3 Å². The van der Waals surface area contributed by atoms with E-state index in [1.54, 1.807) is 18.2 Å². The van der Waals surface area contributed by atoms with E-state index < -0.39 is 11.3 Å². The number of nitrogens with one attached hydrogen (secondary N) is 3. The molecular formula is C23H24FN3O3S. The van der Waals surface area contributed by atoms with Crippen LogP contribution in [-0.4, -0.2) is 34.8 Å². The molecule has 0 spiro atoms. The fourth-order valence-electron chi connectivity index (χ4n) is 3.41. The van der Waals surface area contributed by atoms with Crippen LogP contribution in [0.4, 0.5) is 10.1 Å². The van der Waals surface area contributed by atoms with Crippen LogP contribution in [0, 0.1) is 11.7 Å². The van der Waals surface area contributed by atoms with Gasteiger partial charge in [0.2, 0.25) is 17.7 Å². The van der Waals surface area contributed by atoms with E-state index in [0.717, 1.165) is 18.4 Å². The van der Waals surface area contributed by atoms with Gasteiger partial charge in [-0.25, -0.2) is 4.39 Å². The van der Waals surface area contributed by atoms with Gasteiger partial charge >= 0.3 is 0 Å². The molecular weight excluding hydrogens is 417 g/mol. The number of benzene rings is 2. The fraction of sp³-hybridized carbons (Fsp3) is 0.348. The highest BCUT2D eigenvalue weighted by Gasteiger charge is 2.33. The van der Waals surface area contributed by atoms with Gasteiger partial charge in [-0.15, -0.1) is 11.8 Å². The number of thioether (sulfide) groups is 1. The van der Waals surface area contributed by atoms with Crippen LogP contribution in [0.5, 0.6) is 0 Å². The highest BCUT2D eigenvalue weighted by atomic mass is 32.2. The summed E-state index contributed by atoms with van der Waals surface area (Å²) in [6.07, 6.45) is 2.17. The van der Waals surface area contributed by atoms with Crippen LogP contribution in [0.15, 0.2) is 48.5 Å². The van der Waals surface area contributed by atoms with E-state index in [1.165, 1.54) is 17.8 Å². The lowest BCUT2D eigenvalue weighted by atomic mass is 10.1. The monoisotopic (exact) mass is 441 g/mol. The van der Waals surface area contributed by atoms with Crippen molar-refractivity contribution in [2.75, 3.05) is 11.1 Å². The molecule has 8 heteroatoms. The van der Waals surface area contributed by atoms with Crippen molar-refractivity contribution in [2.45, 2.75) is 37.1 Å². The average Bonchev–Trinajstić information content (AvgIpc) is 3.61. The summed E-state index contributed by atoms with van der Waals surface area (Å²) in [6.45, 7) is 0.293. The second kappa shape index (κ2) is 9.51. The summed E-state index contributed by atoms with van der Waals surface area (Å²) in [5.74, 6) is -0.270. The molecule has 0 bridgehead atoms. The standard InChI is InChI=1S/C23H24FN3O3S/c24-18-7-2-1-5-16(18)11-20-23(30)27-19(13-31-20)22(29)25-12-14-4-3-6-17(10-14)26-21(28)15-8-9-15/h1-7,10,15,19-20H,8-9,11-13H2,(H,25,29)(H,26,28)(H,27,30)/t19-,20+/m1/s1. The number of anilines is 1. The topological polar surface area (TPSA) is 87.3 Å². The summed E-state index contributed by atoms with van der Waals surface area (Å²) in [7, 11) is 0. The first-order chi connectivity index (χ1) is 15.0. The minimum absolute atomic E-state index is 0.0352. The van der Waals surface area contributed by atoms with Crippen molar-refractivity contribution in [2.24, 2.45) is 5.92 Å². The van der Waals surface area contributed by atoms with Crippen LogP contribution in [0.1, 0.15) is 24.0 Å². The smallest absolute Gasteiger partial charge is 0.243 e. The van der Waals surface area contributed by atoms with Crippen molar-refractivity contribution in [3.05, 3.63) is 65.5 Å². The minimum atomic E-state index is -0.632. The molecule has 6 nitrogen and oxygen atoms in total. The maximum absolute atomic E-state index is 13.9. The Balaban J connectivity index is 1.26. The van der Waals surface area contributed by atoms with Gasteiger partial charge in [-0.05, 0) is 48.6 Å². The zero-order chi connectivity index (χ0) is 21.8. The van der Waals surface area contributed by atoms with E-state index in [1.807, 2.05) is 24.3 Å². The van der Waals surface area contributed by atoms with E-state index in [9.17, 15) is 18.8 Å². The van der Waals surface area contributed by atoms with E-state index in [-0.39, 0.29) is 35.9 Å². The van der Waals surface area contributed by atoms with Crippen LogP contribution in [0.3, 0.4) is 0 Å². The summed E-state index contributed by atoms with van der Waals surface area (Å²) in [5.41, 5.74) is 2.06. The predicted octanol–water partition coefficient (Wildman–Crippen LogP) is 2.63. The molecule has 4 rings (SSSR count). The Morgan fingerprint density at radius 3 is 2.65 bits per heavy atom. The Hall–Kier alpha value is -2.87. The highest BCUT2D eigenvalue weighted by molar-refractivity contribution is 8.00. The molecule has 3 N–H and O–H groups in total. The minimum Gasteiger partial charge on any atom is -0.350 e. The SMILES string of the molecule is O=C(Nc1cccc(CNC(=O)[C@H]2CS[C@@H](Cc3ccccc3F)C(=O)N2)c1)C1CC1. The third-order valence-corrected chi connectivity index (χ3v) is 6.67. The lowest BCUT2D eigenvalue weighted by Crippen LogP contribution is -2.54. The van der Waals surface area contributed by atoms with Crippen LogP contribution in [0.25, 0.3) is 0 Å². The second-order valence-electron chi connectivity index (χ2n) is 7.86. The molecule has 1 aliphatic heterocycles. The molecule has 2 aromatic carbocycles. The van der Waals surface area contributed by atoms with Gasteiger partial charge in [0.15, 0.2) is 0 Å². The number of rotatable bonds is 7. The van der Waals surface area contributed by atoms with Crippen LogP contribution < -0.4 is 16.0 Å². The summed E-state index contributed by atoms with van der Waals surface area (Å²) in [4.78, 5) is 36.9. The first-order valence-electron chi connectivity index (χ1n) is 10.3. The van der Waals surface area contributed by atoms with E-state index in [2.05, 4.69) is 16.0 Å². The van der Waals surface area contributed by atoms with Crippen LogP contribution >= 0.6 is 11.8 Å². The zero-order valence-electron chi connectivity index (χ0n) is 16.9. The number of carbonyl (C=O) groups excluding carboxylic acids is 3. The second-order valence-corrected chi connectivity index (χ2v) is 9.10. The molecule has 0 unspecified atom stereocenters. The van der Waals surface area contributed by atoms with Gasteiger partial charge in [-0.3, -0.25) is 14.4 Å². The summed E-state index contributed by atoms with van der Waals surface area (Å²) < 4.78 is 13.9. The molecule has 2 aromatic rings. The Morgan fingerprint density at radius 1 is 1.10 bits per heavy atom. The molecule has 0 radical (unpaired) electrons. The van der Waals surface area contributed by atoms with Crippen molar-refractivity contribution >= 4 is 35.2 Å². The number of amides is 3. The van der Waals surface area contributed by atoms with Crippen molar-refractivity contribution in [3.63, 3.8) is 0 Å². The predicted molar refractivity (Wildman–Crippen MR) is 118 cm³/mol. The molecule has 162 valence electrons. The van der Waals surface area contributed by atoms with E-state index in [4.69, 9.17) is 0 Å². The van der Waals surface area contributed by atoms with Gasteiger partial charge < -0.3 is 16.0 Å². The van der Waals surface area contributed by atoms with Gasteiger partial charge in [0.1, 0.15) is 11.9 Å². The maximum atomic E-state index is 13.9.